The Morgan fingerprint density at radius 1 is 1.00 bits per heavy atom. The minimum Gasteiger partial charge on any atom is -0.354 e. The second-order valence-electron chi connectivity index (χ2n) is 8.33. The Bertz CT molecular complexity index is 1260. The molecule has 1 N–H and O–H groups in total. The molecule has 0 aliphatic carbocycles. The van der Waals surface area contributed by atoms with E-state index in [2.05, 4.69) is 25.4 Å². The van der Waals surface area contributed by atoms with Crippen LogP contribution >= 0.6 is 11.6 Å². The van der Waals surface area contributed by atoms with Crippen molar-refractivity contribution >= 4 is 23.3 Å². The van der Waals surface area contributed by atoms with Gasteiger partial charge in [0.1, 0.15) is 5.82 Å². The summed E-state index contributed by atoms with van der Waals surface area (Å²) in [5.74, 6) is 2.23. The highest BCUT2D eigenvalue weighted by molar-refractivity contribution is 6.31. The van der Waals surface area contributed by atoms with Crippen LogP contribution < -0.4 is 10.2 Å². The van der Waals surface area contributed by atoms with E-state index in [0.717, 1.165) is 42.2 Å². The lowest BCUT2D eigenvalue weighted by atomic mass is 9.97. The fourth-order valence-electron chi connectivity index (χ4n) is 4.27. The smallest absolute Gasteiger partial charge is 0.225 e. The van der Waals surface area contributed by atoms with E-state index in [4.69, 9.17) is 11.6 Å². The van der Waals surface area contributed by atoms with E-state index in [9.17, 15) is 4.79 Å². The van der Waals surface area contributed by atoms with Gasteiger partial charge in [-0.15, -0.1) is 10.2 Å². The number of imidazole rings is 1. The number of halogens is 1. The Balaban J connectivity index is 1.25. The molecule has 3 heterocycles. The number of carbonyl (C=O) groups is 1. The van der Waals surface area contributed by atoms with E-state index in [0.29, 0.717) is 23.9 Å². The summed E-state index contributed by atoms with van der Waals surface area (Å²) < 4.78 is 1.92. The normalized spacial score (nSPS) is 15.8. The van der Waals surface area contributed by atoms with Crippen LogP contribution in [0.3, 0.4) is 0 Å². The van der Waals surface area contributed by atoms with Crippen LogP contribution in [0.4, 0.5) is 5.82 Å². The van der Waals surface area contributed by atoms with Crippen molar-refractivity contribution in [3.05, 3.63) is 89.7 Å². The van der Waals surface area contributed by atoms with Crippen molar-refractivity contribution in [1.29, 1.82) is 0 Å². The van der Waals surface area contributed by atoms with Gasteiger partial charge in [-0.2, -0.15) is 0 Å². The molecule has 0 saturated carbocycles. The van der Waals surface area contributed by atoms with Crippen molar-refractivity contribution in [1.82, 2.24) is 25.1 Å². The molecule has 1 amide bonds. The predicted octanol–water partition coefficient (Wildman–Crippen LogP) is 4.52. The lowest BCUT2D eigenvalue weighted by Crippen LogP contribution is -2.43. The summed E-state index contributed by atoms with van der Waals surface area (Å²) in [7, 11) is 0. The molecule has 1 fully saturated rings. The van der Waals surface area contributed by atoms with Crippen LogP contribution in [0.15, 0.2) is 79.1 Å². The van der Waals surface area contributed by atoms with Crippen molar-refractivity contribution in [2.24, 2.45) is 5.92 Å². The van der Waals surface area contributed by atoms with Gasteiger partial charge < -0.3 is 10.2 Å². The molecule has 1 aliphatic heterocycles. The number of amides is 1. The molecule has 172 valence electrons. The standard InChI is InChI=1S/C26H25ClN6O/c27-22-11-5-4-9-20(22)17-29-26(34)21-10-6-15-32(18-21)23-12-13-24(31-30-23)33-16-14-28-25(33)19-7-2-1-3-8-19/h1-5,7-9,11-14,16,21H,6,10,15,17-18H2,(H,29,34). The lowest BCUT2D eigenvalue weighted by Gasteiger charge is -2.32. The van der Waals surface area contributed by atoms with Crippen LogP contribution in [0.5, 0.6) is 0 Å². The first kappa shape index (κ1) is 22.1. The highest BCUT2D eigenvalue weighted by atomic mass is 35.5. The summed E-state index contributed by atoms with van der Waals surface area (Å²) in [6.45, 7) is 1.89. The molecular weight excluding hydrogens is 448 g/mol. The summed E-state index contributed by atoms with van der Waals surface area (Å²) in [4.78, 5) is 19.4. The SMILES string of the molecule is O=C(NCc1ccccc1Cl)C1CCCN(c2ccc(-n3ccnc3-c3ccccc3)nn2)C1. The zero-order chi connectivity index (χ0) is 23.3. The first-order valence-corrected chi connectivity index (χ1v) is 11.8. The third-order valence-corrected chi connectivity index (χ3v) is 6.45. The fourth-order valence-corrected chi connectivity index (χ4v) is 4.47. The summed E-state index contributed by atoms with van der Waals surface area (Å²) in [6.07, 6.45) is 5.42. The number of carbonyl (C=O) groups excluding carboxylic acids is 1. The molecule has 2 aromatic carbocycles. The average Bonchev–Trinajstić information content (AvgIpc) is 3.39. The molecule has 1 aliphatic rings. The Morgan fingerprint density at radius 2 is 1.76 bits per heavy atom. The van der Waals surface area contributed by atoms with Crippen LogP contribution in [-0.2, 0) is 11.3 Å². The molecule has 0 bridgehead atoms. The van der Waals surface area contributed by atoms with Crippen LogP contribution in [0.25, 0.3) is 17.2 Å². The number of aromatic nitrogens is 4. The molecule has 0 spiro atoms. The molecular formula is C26H25ClN6O. The van der Waals surface area contributed by atoms with Gasteiger partial charge in [-0.25, -0.2) is 4.98 Å². The van der Waals surface area contributed by atoms with Crippen LogP contribution in [0, 0.1) is 5.92 Å². The molecule has 0 radical (unpaired) electrons. The van der Waals surface area contributed by atoms with Crippen LogP contribution in [0.1, 0.15) is 18.4 Å². The van der Waals surface area contributed by atoms with Gasteiger partial charge in [-0.05, 0) is 36.6 Å². The molecule has 5 rings (SSSR count). The van der Waals surface area contributed by atoms with E-state index in [1.165, 1.54) is 0 Å². The Kier molecular flexibility index (Phi) is 6.53. The Morgan fingerprint density at radius 3 is 2.56 bits per heavy atom. The summed E-state index contributed by atoms with van der Waals surface area (Å²) in [6, 6.07) is 21.5. The van der Waals surface area contributed by atoms with E-state index in [1.807, 2.05) is 77.5 Å². The fraction of sp³-hybridized carbons (Fsp3) is 0.231. The number of piperidine rings is 1. The number of hydrogen-bond acceptors (Lipinski definition) is 5. The highest BCUT2D eigenvalue weighted by Gasteiger charge is 2.26. The van der Waals surface area contributed by atoms with Crippen molar-refractivity contribution < 1.29 is 4.79 Å². The molecule has 4 aromatic rings. The van der Waals surface area contributed by atoms with Crippen LogP contribution in [-0.4, -0.2) is 38.7 Å². The van der Waals surface area contributed by atoms with Crippen molar-refractivity contribution in [3.63, 3.8) is 0 Å². The van der Waals surface area contributed by atoms with Gasteiger partial charge in [-0.3, -0.25) is 9.36 Å². The molecule has 1 saturated heterocycles. The van der Waals surface area contributed by atoms with Gasteiger partial charge in [0.2, 0.25) is 5.91 Å². The average molecular weight is 473 g/mol. The number of hydrogen-bond donors (Lipinski definition) is 1. The van der Waals surface area contributed by atoms with Gasteiger partial charge in [0.15, 0.2) is 11.6 Å². The van der Waals surface area contributed by atoms with Crippen molar-refractivity contribution in [2.75, 3.05) is 18.0 Å². The van der Waals surface area contributed by atoms with E-state index < -0.39 is 0 Å². The zero-order valence-corrected chi connectivity index (χ0v) is 19.4. The van der Waals surface area contributed by atoms with Gasteiger partial charge >= 0.3 is 0 Å². The zero-order valence-electron chi connectivity index (χ0n) is 18.6. The quantitative estimate of drug-likeness (QED) is 0.446. The highest BCUT2D eigenvalue weighted by Crippen LogP contribution is 2.24. The van der Waals surface area contributed by atoms with E-state index in [1.54, 1.807) is 6.20 Å². The molecule has 7 nitrogen and oxygen atoms in total. The van der Waals surface area contributed by atoms with Gasteiger partial charge in [0.25, 0.3) is 0 Å². The molecule has 34 heavy (non-hydrogen) atoms. The topological polar surface area (TPSA) is 75.9 Å². The molecule has 1 unspecified atom stereocenters. The number of nitrogens with one attached hydrogen (secondary N) is 1. The van der Waals surface area contributed by atoms with Gasteiger partial charge in [-0.1, -0.05) is 60.1 Å². The molecule has 8 heteroatoms. The minimum atomic E-state index is -0.101. The van der Waals surface area contributed by atoms with E-state index in [-0.39, 0.29) is 11.8 Å². The third-order valence-electron chi connectivity index (χ3n) is 6.08. The van der Waals surface area contributed by atoms with Gasteiger partial charge in [0.05, 0.1) is 5.92 Å². The predicted molar refractivity (Wildman–Crippen MR) is 133 cm³/mol. The van der Waals surface area contributed by atoms with Gasteiger partial charge in [0, 0.05) is 42.6 Å². The summed E-state index contributed by atoms with van der Waals surface area (Å²) >= 11 is 6.21. The van der Waals surface area contributed by atoms with Crippen molar-refractivity contribution in [3.8, 4) is 17.2 Å². The first-order valence-electron chi connectivity index (χ1n) is 11.4. The van der Waals surface area contributed by atoms with Crippen LogP contribution in [0.2, 0.25) is 5.02 Å². The number of rotatable bonds is 6. The monoisotopic (exact) mass is 472 g/mol. The minimum absolute atomic E-state index is 0.0418. The number of nitrogens with zero attached hydrogens (tertiary/aromatic N) is 5. The summed E-state index contributed by atoms with van der Waals surface area (Å²) in [5.41, 5.74) is 1.93. The second-order valence-corrected chi connectivity index (χ2v) is 8.74. The second kappa shape index (κ2) is 10.1. The lowest BCUT2D eigenvalue weighted by molar-refractivity contribution is -0.125. The third kappa shape index (κ3) is 4.79. The van der Waals surface area contributed by atoms with E-state index >= 15 is 0 Å². The Labute approximate surface area is 203 Å². The maximum absolute atomic E-state index is 12.8. The number of anilines is 1. The summed E-state index contributed by atoms with van der Waals surface area (Å²) in [5, 5.41) is 12.6. The van der Waals surface area contributed by atoms with Crippen molar-refractivity contribution in [2.45, 2.75) is 19.4 Å². The largest absolute Gasteiger partial charge is 0.354 e. The molecule has 2 aromatic heterocycles. The maximum atomic E-state index is 12.8. The molecule has 1 atom stereocenters. The Hall–Kier alpha value is -3.71. The first-order chi connectivity index (χ1) is 16.7. The number of benzene rings is 2. The maximum Gasteiger partial charge on any atom is 0.225 e.